The molecule has 6 heteroatoms. The number of hydrogen-bond acceptors (Lipinski definition) is 5. The van der Waals surface area contributed by atoms with Crippen LogP contribution < -0.4 is 10.9 Å². The van der Waals surface area contributed by atoms with Crippen LogP contribution in [0.5, 0.6) is 0 Å². The number of hydrogen-bond donors (Lipinski definition) is 2. The zero-order chi connectivity index (χ0) is 20.4. The number of fused-ring (bicyclic) bond motifs is 1. The molecule has 0 amide bonds. The number of aromatic amines is 1. The van der Waals surface area contributed by atoms with Gasteiger partial charge in [-0.15, -0.1) is 0 Å². The van der Waals surface area contributed by atoms with Gasteiger partial charge in [-0.05, 0) is 62.4 Å². The summed E-state index contributed by atoms with van der Waals surface area (Å²) in [5.74, 6) is -0.315. The van der Waals surface area contributed by atoms with Crippen molar-refractivity contribution in [3.8, 4) is 11.3 Å². The summed E-state index contributed by atoms with van der Waals surface area (Å²) in [5.41, 5.74) is 4.14. The topological polar surface area (TPSA) is 84.1 Å². The minimum absolute atomic E-state index is 0.0230. The van der Waals surface area contributed by atoms with Gasteiger partial charge in [0.05, 0.1) is 12.3 Å². The van der Waals surface area contributed by atoms with Crippen LogP contribution >= 0.6 is 0 Å². The van der Waals surface area contributed by atoms with Crippen LogP contribution in [0, 0.1) is 6.92 Å². The fourth-order valence-corrected chi connectivity index (χ4v) is 4.02. The summed E-state index contributed by atoms with van der Waals surface area (Å²) in [6.45, 7) is 5.87. The first-order valence-electron chi connectivity index (χ1n) is 10.1. The molecule has 150 valence electrons. The first-order chi connectivity index (χ1) is 14.1. The van der Waals surface area contributed by atoms with E-state index < -0.39 is 11.5 Å². The van der Waals surface area contributed by atoms with Gasteiger partial charge in [-0.3, -0.25) is 4.79 Å². The summed E-state index contributed by atoms with van der Waals surface area (Å²) in [7, 11) is 0. The Balaban J connectivity index is 1.95. The third-order valence-electron chi connectivity index (χ3n) is 5.51. The second-order valence-electron chi connectivity index (χ2n) is 7.45. The van der Waals surface area contributed by atoms with Gasteiger partial charge in [-0.2, -0.15) is 0 Å². The number of piperidine rings is 1. The molecule has 0 saturated carbocycles. The van der Waals surface area contributed by atoms with E-state index in [4.69, 9.17) is 9.72 Å². The van der Waals surface area contributed by atoms with Gasteiger partial charge in [0.1, 0.15) is 11.2 Å². The fraction of sp³-hybridized carbons (Fsp3) is 0.348. The molecule has 4 rings (SSSR count). The van der Waals surface area contributed by atoms with E-state index in [2.05, 4.69) is 29.4 Å². The van der Waals surface area contributed by atoms with Crippen LogP contribution in [0.2, 0.25) is 0 Å². The standard InChI is InChI=1S/C23H25N3O3/c1-3-29-23(28)19-11-18-17(15-8-6-10-24-13-15)12-20(25-21(18)26-22(19)27)16-9-5-4-7-14(16)2/h4-5,7,9,11-12,15,24H,3,6,8,10,13H2,1-2H3,(H,25,26,27). The Labute approximate surface area is 169 Å². The van der Waals surface area contributed by atoms with Gasteiger partial charge in [0.15, 0.2) is 0 Å². The average molecular weight is 391 g/mol. The Morgan fingerprint density at radius 2 is 2.10 bits per heavy atom. The molecule has 1 aliphatic heterocycles. The van der Waals surface area contributed by atoms with Gasteiger partial charge in [-0.1, -0.05) is 24.3 Å². The fourth-order valence-electron chi connectivity index (χ4n) is 4.02. The zero-order valence-electron chi connectivity index (χ0n) is 16.7. The molecule has 0 bridgehead atoms. The lowest BCUT2D eigenvalue weighted by molar-refractivity contribution is 0.0524. The number of pyridine rings is 2. The van der Waals surface area contributed by atoms with Crippen molar-refractivity contribution in [1.82, 2.24) is 15.3 Å². The van der Waals surface area contributed by atoms with E-state index in [1.165, 1.54) is 0 Å². The molecule has 3 aromatic rings. The first-order valence-corrected chi connectivity index (χ1v) is 10.1. The molecule has 2 aromatic heterocycles. The minimum Gasteiger partial charge on any atom is -0.462 e. The number of carbonyl (C=O) groups excluding carboxylic acids is 1. The third-order valence-corrected chi connectivity index (χ3v) is 5.51. The van der Waals surface area contributed by atoms with Gasteiger partial charge in [0, 0.05) is 17.5 Å². The number of nitrogens with one attached hydrogen (secondary N) is 2. The lowest BCUT2D eigenvalue weighted by Gasteiger charge is -2.25. The van der Waals surface area contributed by atoms with Gasteiger partial charge in [0.25, 0.3) is 5.56 Å². The number of esters is 1. The maximum atomic E-state index is 12.5. The molecule has 1 unspecified atom stereocenters. The summed E-state index contributed by atoms with van der Waals surface area (Å²) in [5, 5.41) is 4.26. The van der Waals surface area contributed by atoms with E-state index in [1.54, 1.807) is 13.0 Å². The van der Waals surface area contributed by atoms with Crippen molar-refractivity contribution < 1.29 is 9.53 Å². The van der Waals surface area contributed by atoms with Crippen LogP contribution in [0.25, 0.3) is 22.3 Å². The number of aryl methyl sites for hydroxylation is 1. The normalized spacial score (nSPS) is 16.7. The molecular formula is C23H25N3O3. The highest BCUT2D eigenvalue weighted by molar-refractivity contribution is 5.94. The first kappa shape index (κ1) is 19.3. The molecule has 0 spiro atoms. The lowest BCUT2D eigenvalue weighted by atomic mass is 9.88. The van der Waals surface area contributed by atoms with E-state index in [0.29, 0.717) is 5.65 Å². The number of benzene rings is 1. The predicted molar refractivity (Wildman–Crippen MR) is 113 cm³/mol. The lowest BCUT2D eigenvalue weighted by Crippen LogP contribution is -2.29. The van der Waals surface area contributed by atoms with Gasteiger partial charge in [0.2, 0.25) is 0 Å². The molecule has 29 heavy (non-hydrogen) atoms. The minimum atomic E-state index is -0.605. The second kappa shape index (κ2) is 8.17. The van der Waals surface area contributed by atoms with E-state index in [1.807, 2.05) is 18.2 Å². The Morgan fingerprint density at radius 1 is 1.28 bits per heavy atom. The highest BCUT2D eigenvalue weighted by Gasteiger charge is 2.22. The van der Waals surface area contributed by atoms with E-state index in [9.17, 15) is 9.59 Å². The van der Waals surface area contributed by atoms with Crippen LogP contribution in [0.15, 0.2) is 41.2 Å². The molecule has 6 nitrogen and oxygen atoms in total. The van der Waals surface area contributed by atoms with Crippen LogP contribution in [0.3, 0.4) is 0 Å². The molecule has 1 fully saturated rings. The smallest absolute Gasteiger partial charge is 0.343 e. The van der Waals surface area contributed by atoms with Crippen molar-refractivity contribution in [2.75, 3.05) is 19.7 Å². The van der Waals surface area contributed by atoms with Crippen LogP contribution in [-0.4, -0.2) is 35.6 Å². The summed E-state index contributed by atoms with van der Waals surface area (Å²) in [6.07, 6.45) is 2.13. The largest absolute Gasteiger partial charge is 0.462 e. The predicted octanol–water partition coefficient (Wildman–Crippen LogP) is 3.54. The number of H-pyrrole nitrogens is 1. The third kappa shape index (κ3) is 3.80. The van der Waals surface area contributed by atoms with Crippen molar-refractivity contribution in [1.29, 1.82) is 0 Å². The maximum Gasteiger partial charge on any atom is 0.343 e. The number of rotatable bonds is 4. The molecule has 3 heterocycles. The van der Waals surface area contributed by atoms with E-state index in [-0.39, 0.29) is 18.1 Å². The molecule has 0 radical (unpaired) electrons. The highest BCUT2D eigenvalue weighted by atomic mass is 16.5. The number of carbonyl (C=O) groups is 1. The number of aromatic nitrogens is 2. The van der Waals surface area contributed by atoms with Gasteiger partial charge in [-0.25, -0.2) is 9.78 Å². The molecule has 1 aliphatic rings. The summed E-state index contributed by atoms with van der Waals surface area (Å²) in [6, 6.07) is 11.8. The van der Waals surface area contributed by atoms with Crippen LogP contribution in [-0.2, 0) is 4.74 Å². The van der Waals surface area contributed by atoms with Crippen molar-refractivity contribution in [3.05, 3.63) is 63.4 Å². The molecule has 1 atom stereocenters. The SMILES string of the molecule is CCOC(=O)c1cc2c(C3CCCNC3)cc(-c3ccccc3C)nc2[nH]c1=O. The average Bonchev–Trinajstić information content (AvgIpc) is 2.73. The maximum absolute atomic E-state index is 12.5. The number of ether oxygens (including phenoxy) is 1. The molecule has 0 aliphatic carbocycles. The molecule has 1 aromatic carbocycles. The van der Waals surface area contributed by atoms with E-state index >= 15 is 0 Å². The molecule has 1 saturated heterocycles. The van der Waals surface area contributed by atoms with Gasteiger partial charge >= 0.3 is 5.97 Å². The highest BCUT2D eigenvalue weighted by Crippen LogP contribution is 2.33. The van der Waals surface area contributed by atoms with Crippen molar-refractivity contribution in [2.45, 2.75) is 32.6 Å². The summed E-state index contributed by atoms with van der Waals surface area (Å²) >= 11 is 0. The monoisotopic (exact) mass is 391 g/mol. The van der Waals surface area contributed by atoms with E-state index in [0.717, 1.165) is 53.7 Å². The Kier molecular flexibility index (Phi) is 5.45. The quantitative estimate of drug-likeness (QED) is 0.665. The summed E-state index contributed by atoms with van der Waals surface area (Å²) in [4.78, 5) is 32.4. The Bertz CT molecular complexity index is 1110. The number of nitrogens with zero attached hydrogens (tertiary/aromatic N) is 1. The Morgan fingerprint density at radius 3 is 2.83 bits per heavy atom. The van der Waals surface area contributed by atoms with Crippen LogP contribution in [0.4, 0.5) is 0 Å². The van der Waals surface area contributed by atoms with Crippen LogP contribution in [0.1, 0.15) is 47.2 Å². The second-order valence-corrected chi connectivity index (χ2v) is 7.45. The van der Waals surface area contributed by atoms with Crippen molar-refractivity contribution in [2.24, 2.45) is 0 Å². The van der Waals surface area contributed by atoms with Crippen molar-refractivity contribution >= 4 is 17.0 Å². The Hall–Kier alpha value is -2.99. The molecule has 2 N–H and O–H groups in total. The summed E-state index contributed by atoms with van der Waals surface area (Å²) < 4.78 is 5.06. The molecular weight excluding hydrogens is 366 g/mol. The zero-order valence-corrected chi connectivity index (χ0v) is 16.7. The van der Waals surface area contributed by atoms with Crippen molar-refractivity contribution in [3.63, 3.8) is 0 Å². The van der Waals surface area contributed by atoms with Gasteiger partial charge < -0.3 is 15.0 Å².